The molecule has 9 nitrogen and oxygen atoms in total. The summed E-state index contributed by atoms with van der Waals surface area (Å²) >= 11 is 0. The van der Waals surface area contributed by atoms with Crippen LogP contribution < -0.4 is 5.43 Å². The number of ether oxygens (including phenoxy) is 1. The maximum absolute atomic E-state index is 12.7. The van der Waals surface area contributed by atoms with Crippen LogP contribution in [0.25, 0.3) is 22.3 Å². The van der Waals surface area contributed by atoms with Crippen molar-refractivity contribution in [3.8, 4) is 28.6 Å². The molecule has 1 fully saturated rings. The van der Waals surface area contributed by atoms with Crippen LogP contribution in [-0.2, 0) is 9.53 Å². The highest BCUT2D eigenvalue weighted by atomic mass is 16.5. The molecule has 1 aromatic heterocycles. The average Bonchev–Trinajstić information content (AvgIpc) is 2.70. The van der Waals surface area contributed by atoms with Gasteiger partial charge in [0.1, 0.15) is 58.4 Å². The molecule has 4 unspecified atom stereocenters. The number of benzene rings is 2. The molecule has 0 bridgehead atoms. The van der Waals surface area contributed by atoms with Crippen molar-refractivity contribution >= 4 is 16.8 Å². The van der Waals surface area contributed by atoms with Crippen molar-refractivity contribution < 1.29 is 39.5 Å². The molecule has 0 amide bonds. The molecule has 9 heteroatoms. The number of hydrogen-bond acceptors (Lipinski definition) is 9. The van der Waals surface area contributed by atoms with Crippen molar-refractivity contribution in [1.29, 1.82) is 0 Å². The predicted octanol–water partition coefficient (Wildman–Crippen LogP) is 1.33. The highest BCUT2D eigenvalue weighted by Gasteiger charge is 2.44. The fraction of sp³-hybridized carbons (Fsp3) is 0.238. The minimum atomic E-state index is -1.78. The summed E-state index contributed by atoms with van der Waals surface area (Å²) in [5.41, 5.74) is -0.609. The molecule has 1 saturated heterocycles. The molecular formula is C21H18O9. The molecule has 1 aliphatic heterocycles. The van der Waals surface area contributed by atoms with E-state index >= 15 is 0 Å². The van der Waals surface area contributed by atoms with E-state index < -0.39 is 47.1 Å². The molecule has 2 aromatic carbocycles. The van der Waals surface area contributed by atoms with Gasteiger partial charge in [-0.1, -0.05) is 0 Å². The van der Waals surface area contributed by atoms with Crippen molar-refractivity contribution in [1.82, 2.24) is 0 Å². The zero-order chi connectivity index (χ0) is 21.7. The predicted molar refractivity (Wildman–Crippen MR) is 103 cm³/mol. The maximum atomic E-state index is 12.7. The lowest BCUT2D eigenvalue weighted by Crippen LogP contribution is -2.50. The van der Waals surface area contributed by atoms with Gasteiger partial charge in [0.25, 0.3) is 0 Å². The summed E-state index contributed by atoms with van der Waals surface area (Å²) in [6, 6.07) is 8.09. The number of hydrogen-bond donors (Lipinski definition) is 5. The number of carbonyl (C=O) groups excluding carboxylic acids is 1. The van der Waals surface area contributed by atoms with Crippen LogP contribution >= 0.6 is 0 Å². The van der Waals surface area contributed by atoms with Crippen LogP contribution in [0.4, 0.5) is 0 Å². The number of aliphatic hydroxyl groups is 2. The molecule has 2 heterocycles. The molecule has 156 valence electrons. The number of phenols is 3. The van der Waals surface area contributed by atoms with Crippen LogP contribution in [0.5, 0.6) is 17.2 Å². The van der Waals surface area contributed by atoms with E-state index in [1.807, 2.05) is 0 Å². The van der Waals surface area contributed by atoms with Crippen molar-refractivity contribution in [3.05, 3.63) is 52.2 Å². The van der Waals surface area contributed by atoms with Gasteiger partial charge in [0, 0.05) is 17.7 Å². The van der Waals surface area contributed by atoms with E-state index in [-0.39, 0.29) is 28.0 Å². The van der Waals surface area contributed by atoms with Gasteiger partial charge in [-0.05, 0) is 31.2 Å². The van der Waals surface area contributed by atoms with Gasteiger partial charge < -0.3 is 34.7 Å². The summed E-state index contributed by atoms with van der Waals surface area (Å²) in [6.07, 6.45) is -6.09. The lowest BCUT2D eigenvalue weighted by Gasteiger charge is -2.35. The van der Waals surface area contributed by atoms with Gasteiger partial charge in [-0.25, -0.2) is 0 Å². The molecule has 4 rings (SSSR count). The van der Waals surface area contributed by atoms with E-state index in [2.05, 4.69) is 0 Å². The number of aromatic hydroxyl groups is 3. The van der Waals surface area contributed by atoms with Gasteiger partial charge in [-0.2, -0.15) is 0 Å². The Morgan fingerprint density at radius 1 is 0.967 bits per heavy atom. The molecule has 4 atom stereocenters. The van der Waals surface area contributed by atoms with E-state index in [0.717, 1.165) is 12.1 Å². The third-order valence-electron chi connectivity index (χ3n) is 5.12. The molecular weight excluding hydrogens is 396 g/mol. The number of fused-ring (bicyclic) bond motifs is 1. The third kappa shape index (κ3) is 3.09. The molecule has 30 heavy (non-hydrogen) atoms. The Morgan fingerprint density at radius 2 is 1.63 bits per heavy atom. The Hall–Kier alpha value is -3.40. The van der Waals surface area contributed by atoms with Crippen LogP contribution in [0.2, 0.25) is 0 Å². The molecule has 0 radical (unpaired) electrons. The smallest absolute Gasteiger partial charge is 0.197 e. The second-order valence-electron chi connectivity index (χ2n) is 7.09. The van der Waals surface area contributed by atoms with E-state index in [1.165, 1.54) is 31.2 Å². The topological polar surface area (TPSA) is 158 Å². The minimum Gasteiger partial charge on any atom is -0.508 e. The Kier molecular flexibility index (Phi) is 4.73. The summed E-state index contributed by atoms with van der Waals surface area (Å²) in [6.45, 7) is 1.36. The standard InChI is InChI=1S/C21H18O9/c1-8-17(25)19(27)20(28)21(29-8)16-12(24)7-14-15(18(16)26)11(23)6-13(30-14)9-2-4-10(22)5-3-9/h2-8,19-22,24,26-28H,1H3. The first-order chi connectivity index (χ1) is 14.2. The van der Waals surface area contributed by atoms with Crippen LogP contribution in [0.1, 0.15) is 18.6 Å². The average molecular weight is 414 g/mol. The normalized spacial score (nSPS) is 24.3. The lowest BCUT2D eigenvalue weighted by molar-refractivity contribution is -0.181. The van der Waals surface area contributed by atoms with Crippen LogP contribution in [0.15, 0.2) is 45.6 Å². The fourth-order valence-electron chi connectivity index (χ4n) is 3.53. The maximum Gasteiger partial charge on any atom is 0.197 e. The molecule has 5 N–H and O–H groups in total. The largest absolute Gasteiger partial charge is 0.508 e. The Morgan fingerprint density at radius 3 is 2.30 bits per heavy atom. The second kappa shape index (κ2) is 7.13. The molecule has 1 aliphatic rings. The summed E-state index contributed by atoms with van der Waals surface area (Å²) in [5.74, 6) is -1.81. The van der Waals surface area contributed by atoms with Gasteiger partial charge in [0.2, 0.25) is 0 Å². The van der Waals surface area contributed by atoms with Gasteiger partial charge in [-0.15, -0.1) is 0 Å². The van der Waals surface area contributed by atoms with E-state index in [9.17, 15) is 35.1 Å². The quantitative estimate of drug-likeness (QED) is 0.417. The Bertz CT molecular complexity index is 1200. The zero-order valence-electron chi connectivity index (χ0n) is 15.6. The first kappa shape index (κ1) is 19.9. The lowest BCUT2D eigenvalue weighted by atomic mass is 9.91. The Balaban J connectivity index is 1.87. The molecule has 0 aliphatic carbocycles. The van der Waals surface area contributed by atoms with Gasteiger partial charge in [-0.3, -0.25) is 9.59 Å². The van der Waals surface area contributed by atoms with Crippen molar-refractivity contribution in [2.45, 2.75) is 31.3 Å². The van der Waals surface area contributed by atoms with Crippen LogP contribution in [0.3, 0.4) is 0 Å². The fourth-order valence-corrected chi connectivity index (χ4v) is 3.53. The summed E-state index contributed by atoms with van der Waals surface area (Å²) in [5, 5.41) is 50.5. The number of aliphatic hydroxyl groups excluding tert-OH is 2. The molecule has 0 saturated carbocycles. The first-order valence-electron chi connectivity index (χ1n) is 9.06. The van der Waals surface area contributed by atoms with Crippen molar-refractivity contribution in [3.63, 3.8) is 0 Å². The Labute approximate surface area is 169 Å². The van der Waals surface area contributed by atoms with Gasteiger partial charge >= 0.3 is 0 Å². The number of carbonyl (C=O) groups is 1. The van der Waals surface area contributed by atoms with E-state index in [4.69, 9.17) is 9.15 Å². The number of rotatable bonds is 2. The third-order valence-corrected chi connectivity index (χ3v) is 5.12. The molecule has 3 aromatic rings. The van der Waals surface area contributed by atoms with Crippen molar-refractivity contribution in [2.24, 2.45) is 0 Å². The zero-order valence-corrected chi connectivity index (χ0v) is 15.6. The summed E-state index contributed by atoms with van der Waals surface area (Å²) in [4.78, 5) is 24.5. The molecule has 0 spiro atoms. The van der Waals surface area contributed by atoms with Gasteiger partial charge in [0.05, 0.1) is 5.56 Å². The van der Waals surface area contributed by atoms with Crippen LogP contribution in [0, 0.1) is 0 Å². The van der Waals surface area contributed by atoms with Crippen molar-refractivity contribution in [2.75, 3.05) is 0 Å². The minimum absolute atomic E-state index is 0.0303. The highest BCUT2D eigenvalue weighted by Crippen LogP contribution is 2.44. The second-order valence-corrected chi connectivity index (χ2v) is 7.09. The SMILES string of the molecule is CC1OC(c2c(O)cc3oc(-c4ccc(O)cc4)cc(=O)c3c2O)C(O)C(O)C1=O. The summed E-state index contributed by atoms with van der Waals surface area (Å²) in [7, 11) is 0. The monoisotopic (exact) mass is 414 g/mol. The van der Waals surface area contributed by atoms with Crippen LogP contribution in [-0.4, -0.2) is 49.6 Å². The first-order valence-corrected chi connectivity index (χ1v) is 9.06. The highest BCUT2D eigenvalue weighted by molar-refractivity contribution is 5.90. The summed E-state index contributed by atoms with van der Waals surface area (Å²) < 4.78 is 11.0. The van der Waals surface area contributed by atoms with E-state index in [1.54, 1.807) is 0 Å². The van der Waals surface area contributed by atoms with E-state index in [0.29, 0.717) is 5.56 Å². The number of Topliss-reactive ketones (excluding diaryl/α,β-unsaturated/α-hetero) is 1. The number of ketones is 1. The van der Waals surface area contributed by atoms with Gasteiger partial charge in [0.15, 0.2) is 11.2 Å². The number of phenolic OH excluding ortho intramolecular Hbond substituents is 3.